The molecule has 0 bridgehead atoms. The first-order valence-electron chi connectivity index (χ1n) is 9.15. The number of carbonyl (C=O) groups is 2. The summed E-state index contributed by atoms with van der Waals surface area (Å²) < 4.78 is 10.9. The second-order valence-corrected chi connectivity index (χ2v) is 8.36. The lowest BCUT2D eigenvalue weighted by atomic mass is 9.74. The van der Waals surface area contributed by atoms with Crippen LogP contribution < -0.4 is 0 Å². The van der Waals surface area contributed by atoms with E-state index >= 15 is 0 Å². The number of carbonyl (C=O) groups excluding carboxylic acids is 2. The van der Waals surface area contributed by atoms with E-state index in [0.29, 0.717) is 19.6 Å². The predicted molar refractivity (Wildman–Crippen MR) is 97.7 cm³/mol. The summed E-state index contributed by atoms with van der Waals surface area (Å²) in [6, 6.07) is 9.71. The number of amides is 2. The molecule has 0 saturated carbocycles. The van der Waals surface area contributed by atoms with Gasteiger partial charge in [-0.2, -0.15) is 0 Å². The Kier molecular flexibility index (Phi) is 4.86. The zero-order valence-electron chi connectivity index (χ0n) is 16.0. The molecule has 1 atom stereocenters. The lowest BCUT2D eigenvalue weighted by Crippen LogP contribution is -2.63. The minimum absolute atomic E-state index is 0.0390. The maximum atomic E-state index is 12.5. The lowest BCUT2D eigenvalue weighted by Gasteiger charge is -2.50. The molecule has 2 aliphatic heterocycles. The smallest absolute Gasteiger partial charge is 0.410 e. The average molecular weight is 360 g/mol. The van der Waals surface area contributed by atoms with E-state index < -0.39 is 5.60 Å². The van der Waals surface area contributed by atoms with Crippen LogP contribution in [0.15, 0.2) is 30.3 Å². The van der Waals surface area contributed by atoms with E-state index in [1.165, 1.54) is 0 Å². The van der Waals surface area contributed by atoms with Crippen molar-refractivity contribution in [3.8, 4) is 0 Å². The van der Waals surface area contributed by atoms with E-state index in [9.17, 15) is 9.59 Å². The third-order valence-corrected chi connectivity index (χ3v) is 5.31. The van der Waals surface area contributed by atoms with Crippen LogP contribution in [-0.4, -0.2) is 53.3 Å². The molecule has 0 radical (unpaired) electrons. The van der Waals surface area contributed by atoms with Gasteiger partial charge in [-0.1, -0.05) is 30.3 Å². The highest BCUT2D eigenvalue weighted by atomic mass is 16.6. The van der Waals surface area contributed by atoms with Crippen molar-refractivity contribution in [1.29, 1.82) is 0 Å². The van der Waals surface area contributed by atoms with Crippen molar-refractivity contribution in [2.45, 2.75) is 52.4 Å². The van der Waals surface area contributed by atoms with E-state index in [1.54, 1.807) is 9.80 Å². The molecule has 2 amide bonds. The molecule has 2 aliphatic rings. The van der Waals surface area contributed by atoms with Gasteiger partial charge in [0.15, 0.2) is 0 Å². The van der Waals surface area contributed by atoms with Crippen LogP contribution in [0.3, 0.4) is 0 Å². The molecule has 1 aromatic carbocycles. The van der Waals surface area contributed by atoms with Gasteiger partial charge >= 0.3 is 12.2 Å². The van der Waals surface area contributed by atoms with Gasteiger partial charge in [0.05, 0.1) is 0 Å². The molecule has 1 spiro atoms. The molecule has 2 saturated heterocycles. The number of nitrogens with zero attached hydrogens (tertiary/aromatic N) is 2. The van der Waals surface area contributed by atoms with E-state index in [0.717, 1.165) is 12.0 Å². The Morgan fingerprint density at radius 2 is 1.81 bits per heavy atom. The van der Waals surface area contributed by atoms with Crippen LogP contribution >= 0.6 is 0 Å². The Morgan fingerprint density at radius 1 is 1.15 bits per heavy atom. The van der Waals surface area contributed by atoms with Gasteiger partial charge in [-0.3, -0.25) is 0 Å². The van der Waals surface area contributed by atoms with Gasteiger partial charge in [-0.05, 0) is 39.7 Å². The Balaban J connectivity index is 1.51. The Labute approximate surface area is 155 Å². The summed E-state index contributed by atoms with van der Waals surface area (Å²) in [5, 5.41) is 0. The summed E-state index contributed by atoms with van der Waals surface area (Å²) in [7, 11) is 0. The molecule has 1 aromatic rings. The fraction of sp³-hybridized carbons (Fsp3) is 0.600. The van der Waals surface area contributed by atoms with Crippen molar-refractivity contribution in [2.24, 2.45) is 5.41 Å². The first-order valence-corrected chi connectivity index (χ1v) is 9.15. The van der Waals surface area contributed by atoms with Crippen LogP contribution in [0, 0.1) is 5.41 Å². The van der Waals surface area contributed by atoms with Crippen molar-refractivity contribution >= 4 is 12.2 Å². The third-order valence-electron chi connectivity index (χ3n) is 5.31. The van der Waals surface area contributed by atoms with Gasteiger partial charge in [0.2, 0.25) is 0 Å². The van der Waals surface area contributed by atoms with Crippen LogP contribution in [0.1, 0.15) is 39.7 Å². The van der Waals surface area contributed by atoms with E-state index in [-0.39, 0.29) is 30.3 Å². The monoisotopic (exact) mass is 360 g/mol. The van der Waals surface area contributed by atoms with Crippen molar-refractivity contribution in [3.63, 3.8) is 0 Å². The molecule has 0 unspecified atom stereocenters. The summed E-state index contributed by atoms with van der Waals surface area (Å²) >= 11 is 0. The molecular formula is C20H28N2O4. The lowest BCUT2D eigenvalue weighted by molar-refractivity contribution is -0.0439. The van der Waals surface area contributed by atoms with Gasteiger partial charge in [-0.15, -0.1) is 0 Å². The maximum absolute atomic E-state index is 12.5. The summed E-state index contributed by atoms with van der Waals surface area (Å²) in [5.74, 6) is 0. The number of hydrogen-bond acceptors (Lipinski definition) is 4. The molecule has 26 heavy (non-hydrogen) atoms. The molecule has 0 aromatic heterocycles. The van der Waals surface area contributed by atoms with Gasteiger partial charge in [0, 0.05) is 31.1 Å². The second kappa shape index (κ2) is 6.82. The quantitative estimate of drug-likeness (QED) is 0.808. The van der Waals surface area contributed by atoms with Crippen molar-refractivity contribution < 1.29 is 19.1 Å². The molecule has 6 nitrogen and oxygen atoms in total. The highest BCUT2D eigenvalue weighted by Crippen LogP contribution is 2.45. The Morgan fingerprint density at radius 3 is 2.42 bits per heavy atom. The normalized spacial score (nSPS) is 21.5. The van der Waals surface area contributed by atoms with E-state index in [2.05, 4.69) is 0 Å². The first-order chi connectivity index (χ1) is 12.2. The molecule has 2 heterocycles. The molecule has 2 fully saturated rings. The molecule has 0 N–H and O–H groups in total. The minimum atomic E-state index is -0.492. The topological polar surface area (TPSA) is 59.1 Å². The predicted octanol–water partition coefficient (Wildman–Crippen LogP) is 3.65. The molecule has 0 aliphatic carbocycles. The van der Waals surface area contributed by atoms with Crippen molar-refractivity contribution in [2.75, 3.05) is 19.6 Å². The zero-order chi connectivity index (χ0) is 18.9. The molecule has 142 valence electrons. The van der Waals surface area contributed by atoms with Gasteiger partial charge < -0.3 is 19.3 Å². The molecule has 3 rings (SSSR count). The van der Waals surface area contributed by atoms with Crippen LogP contribution in [0.5, 0.6) is 0 Å². The largest absolute Gasteiger partial charge is 0.445 e. The van der Waals surface area contributed by atoms with Gasteiger partial charge in [0.1, 0.15) is 12.2 Å². The third kappa shape index (κ3) is 3.79. The molecule has 6 heteroatoms. The fourth-order valence-electron chi connectivity index (χ4n) is 3.72. The summed E-state index contributed by atoms with van der Waals surface area (Å²) in [4.78, 5) is 28.1. The molecular weight excluding hydrogens is 332 g/mol. The van der Waals surface area contributed by atoms with Crippen molar-refractivity contribution in [3.05, 3.63) is 35.9 Å². The number of rotatable bonds is 2. The minimum Gasteiger partial charge on any atom is -0.445 e. The SMILES string of the molecule is C[C@H]1N(C(=O)OCc2ccccc2)CCC12CN(C(=O)OC(C)(C)C)C2. The number of likely N-dealkylation sites (tertiary alicyclic amines) is 2. The Hall–Kier alpha value is -2.24. The number of hydrogen-bond donors (Lipinski definition) is 0. The zero-order valence-corrected chi connectivity index (χ0v) is 16.0. The summed E-state index contributed by atoms with van der Waals surface area (Å²) in [6.45, 7) is 9.84. The van der Waals surface area contributed by atoms with Gasteiger partial charge in [0.25, 0.3) is 0 Å². The maximum Gasteiger partial charge on any atom is 0.410 e. The van der Waals surface area contributed by atoms with E-state index in [1.807, 2.05) is 58.0 Å². The average Bonchev–Trinajstić information content (AvgIpc) is 2.88. The summed E-state index contributed by atoms with van der Waals surface area (Å²) in [6.07, 6.45) is 0.322. The van der Waals surface area contributed by atoms with E-state index in [4.69, 9.17) is 9.47 Å². The van der Waals surface area contributed by atoms with Crippen molar-refractivity contribution in [1.82, 2.24) is 9.80 Å². The number of benzene rings is 1. The highest BCUT2D eigenvalue weighted by molar-refractivity contribution is 5.71. The summed E-state index contributed by atoms with van der Waals surface area (Å²) in [5.41, 5.74) is 0.444. The van der Waals surface area contributed by atoms with Gasteiger partial charge in [-0.25, -0.2) is 9.59 Å². The Bertz CT molecular complexity index is 662. The van der Waals surface area contributed by atoms with Crippen LogP contribution in [-0.2, 0) is 16.1 Å². The van der Waals surface area contributed by atoms with Crippen LogP contribution in [0.4, 0.5) is 9.59 Å². The first kappa shape index (κ1) is 18.5. The van der Waals surface area contributed by atoms with Crippen LogP contribution in [0.25, 0.3) is 0 Å². The standard InChI is InChI=1S/C20H28N2O4/c1-15-20(13-21(14-20)17(23)26-19(2,3)4)10-11-22(15)18(24)25-12-16-8-6-5-7-9-16/h5-9,15H,10-14H2,1-4H3/t15-/m1/s1. The van der Waals surface area contributed by atoms with Crippen LogP contribution in [0.2, 0.25) is 0 Å². The fourth-order valence-corrected chi connectivity index (χ4v) is 3.72. The highest BCUT2D eigenvalue weighted by Gasteiger charge is 2.56. The second-order valence-electron chi connectivity index (χ2n) is 8.36. The number of ether oxygens (including phenoxy) is 2.